The van der Waals surface area contributed by atoms with E-state index in [9.17, 15) is 4.79 Å². The normalized spacial score (nSPS) is 15.7. The number of benzene rings is 1. The Labute approximate surface area is 140 Å². The van der Waals surface area contributed by atoms with Crippen LogP contribution in [0.15, 0.2) is 29.4 Å². The number of hydrogen-bond donors (Lipinski definition) is 0. The third kappa shape index (κ3) is 3.35. The summed E-state index contributed by atoms with van der Waals surface area (Å²) in [6.07, 6.45) is 2.63. The molecule has 5 nitrogen and oxygen atoms in total. The maximum absolute atomic E-state index is 12.5. The van der Waals surface area contributed by atoms with Crippen LogP contribution in [0.5, 0.6) is 0 Å². The van der Waals surface area contributed by atoms with Crippen LogP contribution >= 0.6 is 11.8 Å². The molecule has 0 bridgehead atoms. The third-order valence-corrected chi connectivity index (χ3v) is 5.19. The van der Waals surface area contributed by atoms with E-state index < -0.39 is 0 Å². The van der Waals surface area contributed by atoms with Crippen molar-refractivity contribution in [2.75, 3.05) is 13.1 Å². The molecule has 1 aliphatic heterocycles. The number of aryl methyl sites for hydroxylation is 1. The zero-order chi connectivity index (χ0) is 16.2. The standard InChI is InChI=1S/C17H20N4OS/c1-13(16(22)20-10-4-5-11-20)23-17-19-14-7-2-3-8-15(14)21(17)12-6-9-18/h2-3,7-8,13H,4-6,10-12H2,1H3/t13-/m0/s1. The quantitative estimate of drug-likeness (QED) is 0.792. The minimum atomic E-state index is -0.161. The number of likely N-dealkylation sites (tertiary alicyclic amines) is 1. The molecule has 1 atom stereocenters. The molecule has 1 aromatic heterocycles. The van der Waals surface area contributed by atoms with Crippen LogP contribution in [0.4, 0.5) is 0 Å². The number of carbonyl (C=O) groups is 1. The van der Waals surface area contributed by atoms with E-state index in [0.717, 1.165) is 42.1 Å². The monoisotopic (exact) mass is 328 g/mol. The Morgan fingerprint density at radius 1 is 1.39 bits per heavy atom. The highest BCUT2D eigenvalue weighted by atomic mass is 32.2. The van der Waals surface area contributed by atoms with Gasteiger partial charge in [0.25, 0.3) is 0 Å². The largest absolute Gasteiger partial charge is 0.342 e. The molecule has 2 heterocycles. The lowest BCUT2D eigenvalue weighted by molar-refractivity contribution is -0.129. The molecular formula is C17H20N4OS. The van der Waals surface area contributed by atoms with E-state index in [1.807, 2.05) is 36.1 Å². The molecule has 0 N–H and O–H groups in total. The molecule has 1 saturated heterocycles. The zero-order valence-electron chi connectivity index (χ0n) is 13.2. The van der Waals surface area contributed by atoms with Gasteiger partial charge in [0.2, 0.25) is 5.91 Å². The van der Waals surface area contributed by atoms with E-state index in [4.69, 9.17) is 5.26 Å². The minimum Gasteiger partial charge on any atom is -0.342 e. The van der Waals surface area contributed by atoms with Crippen LogP contribution in [0.3, 0.4) is 0 Å². The third-order valence-electron chi connectivity index (χ3n) is 4.11. The maximum atomic E-state index is 12.5. The van der Waals surface area contributed by atoms with Gasteiger partial charge in [-0.1, -0.05) is 23.9 Å². The van der Waals surface area contributed by atoms with Crippen LogP contribution in [0.2, 0.25) is 0 Å². The molecule has 0 spiro atoms. The van der Waals surface area contributed by atoms with Crippen LogP contribution in [-0.2, 0) is 11.3 Å². The van der Waals surface area contributed by atoms with E-state index in [1.165, 1.54) is 11.8 Å². The topological polar surface area (TPSA) is 61.9 Å². The van der Waals surface area contributed by atoms with E-state index in [1.54, 1.807) is 0 Å². The lowest BCUT2D eigenvalue weighted by atomic mass is 10.3. The van der Waals surface area contributed by atoms with Crippen molar-refractivity contribution in [1.29, 1.82) is 5.26 Å². The Bertz CT molecular complexity index is 743. The van der Waals surface area contributed by atoms with E-state index in [-0.39, 0.29) is 11.2 Å². The summed E-state index contributed by atoms with van der Waals surface area (Å²) in [6.45, 7) is 4.28. The van der Waals surface area contributed by atoms with Gasteiger partial charge in [0.15, 0.2) is 5.16 Å². The molecule has 0 aliphatic carbocycles. The van der Waals surface area contributed by atoms with Gasteiger partial charge in [-0.3, -0.25) is 4.79 Å². The predicted molar refractivity (Wildman–Crippen MR) is 91.1 cm³/mol. The molecule has 2 aromatic rings. The van der Waals surface area contributed by atoms with Gasteiger partial charge in [-0.05, 0) is 31.9 Å². The van der Waals surface area contributed by atoms with Crippen LogP contribution in [0.1, 0.15) is 26.2 Å². The summed E-state index contributed by atoms with van der Waals surface area (Å²) >= 11 is 1.49. The van der Waals surface area contributed by atoms with Gasteiger partial charge < -0.3 is 9.47 Å². The van der Waals surface area contributed by atoms with Gasteiger partial charge in [0.05, 0.1) is 28.8 Å². The van der Waals surface area contributed by atoms with Crippen molar-refractivity contribution in [3.63, 3.8) is 0 Å². The number of nitrogens with zero attached hydrogens (tertiary/aromatic N) is 4. The molecule has 0 saturated carbocycles. The molecule has 6 heteroatoms. The summed E-state index contributed by atoms with van der Waals surface area (Å²) in [5, 5.41) is 9.55. The average molecular weight is 328 g/mol. The van der Waals surface area contributed by atoms with Crippen LogP contribution in [0.25, 0.3) is 11.0 Å². The van der Waals surface area contributed by atoms with Gasteiger partial charge in [-0.15, -0.1) is 0 Å². The van der Waals surface area contributed by atoms with E-state index in [0.29, 0.717) is 13.0 Å². The Balaban J connectivity index is 1.83. The average Bonchev–Trinajstić information content (AvgIpc) is 3.20. The number of amides is 1. The summed E-state index contributed by atoms with van der Waals surface area (Å²) in [5.74, 6) is 0.186. The Morgan fingerprint density at radius 2 is 2.13 bits per heavy atom. The van der Waals surface area contributed by atoms with Gasteiger partial charge >= 0.3 is 0 Å². The molecule has 23 heavy (non-hydrogen) atoms. The number of fused-ring (bicyclic) bond motifs is 1. The van der Waals surface area contributed by atoms with Gasteiger partial charge in [0.1, 0.15) is 0 Å². The van der Waals surface area contributed by atoms with Crippen molar-refractivity contribution in [2.45, 2.75) is 43.1 Å². The Morgan fingerprint density at radius 3 is 2.87 bits per heavy atom. The second kappa shape index (κ2) is 7.05. The molecule has 3 rings (SSSR count). The fourth-order valence-corrected chi connectivity index (χ4v) is 3.96. The van der Waals surface area contributed by atoms with Gasteiger partial charge in [-0.2, -0.15) is 5.26 Å². The lowest BCUT2D eigenvalue weighted by Crippen LogP contribution is -2.34. The first kappa shape index (κ1) is 15.9. The van der Waals surface area contributed by atoms with Crippen molar-refractivity contribution in [3.05, 3.63) is 24.3 Å². The first-order valence-electron chi connectivity index (χ1n) is 7.98. The highest BCUT2D eigenvalue weighted by Gasteiger charge is 2.25. The van der Waals surface area contributed by atoms with Crippen molar-refractivity contribution < 1.29 is 4.79 Å². The second-order valence-corrected chi connectivity index (χ2v) is 7.04. The fourth-order valence-electron chi connectivity index (χ4n) is 2.92. The first-order valence-corrected chi connectivity index (χ1v) is 8.86. The van der Waals surface area contributed by atoms with Gasteiger partial charge in [-0.25, -0.2) is 4.98 Å². The highest BCUT2D eigenvalue weighted by molar-refractivity contribution is 8.00. The van der Waals surface area contributed by atoms with Crippen molar-refractivity contribution >= 4 is 28.7 Å². The summed E-state index contributed by atoms with van der Waals surface area (Å²) in [5.41, 5.74) is 1.93. The number of nitriles is 1. The summed E-state index contributed by atoms with van der Waals surface area (Å²) in [7, 11) is 0. The van der Waals surface area contributed by atoms with Crippen molar-refractivity contribution in [1.82, 2.24) is 14.5 Å². The molecular weight excluding hydrogens is 308 g/mol. The smallest absolute Gasteiger partial charge is 0.235 e. The summed E-state index contributed by atoms with van der Waals surface area (Å²) in [6, 6.07) is 10.1. The summed E-state index contributed by atoms with van der Waals surface area (Å²) < 4.78 is 2.05. The second-order valence-electron chi connectivity index (χ2n) is 5.74. The van der Waals surface area contributed by atoms with Crippen molar-refractivity contribution in [2.24, 2.45) is 0 Å². The number of rotatable bonds is 5. The number of carbonyl (C=O) groups excluding carboxylic acids is 1. The Hall–Kier alpha value is -2.00. The molecule has 120 valence electrons. The first-order chi connectivity index (χ1) is 11.2. The predicted octanol–water partition coefficient (Wildman–Crippen LogP) is 3.05. The molecule has 1 amide bonds. The van der Waals surface area contributed by atoms with Crippen LogP contribution in [0, 0.1) is 11.3 Å². The number of aromatic nitrogens is 2. The number of hydrogen-bond acceptors (Lipinski definition) is 4. The minimum absolute atomic E-state index is 0.161. The number of imidazole rings is 1. The number of thioether (sulfide) groups is 1. The highest BCUT2D eigenvalue weighted by Crippen LogP contribution is 2.29. The fraction of sp³-hybridized carbons (Fsp3) is 0.471. The molecule has 1 aromatic carbocycles. The van der Waals surface area contributed by atoms with Crippen LogP contribution in [-0.4, -0.2) is 38.7 Å². The van der Waals surface area contributed by atoms with Crippen molar-refractivity contribution in [3.8, 4) is 6.07 Å². The maximum Gasteiger partial charge on any atom is 0.235 e. The van der Waals surface area contributed by atoms with E-state index in [2.05, 4.69) is 15.6 Å². The zero-order valence-corrected chi connectivity index (χ0v) is 14.1. The number of para-hydroxylation sites is 2. The molecule has 1 aliphatic rings. The van der Waals surface area contributed by atoms with E-state index >= 15 is 0 Å². The summed E-state index contributed by atoms with van der Waals surface area (Å²) in [4.78, 5) is 19.1. The molecule has 0 radical (unpaired) electrons. The molecule has 1 fully saturated rings. The molecule has 0 unspecified atom stereocenters. The lowest BCUT2D eigenvalue weighted by Gasteiger charge is -2.19. The van der Waals surface area contributed by atoms with Gasteiger partial charge in [0, 0.05) is 19.6 Å². The van der Waals surface area contributed by atoms with Crippen LogP contribution < -0.4 is 0 Å². The SMILES string of the molecule is C[C@H](Sc1nc2ccccc2n1CCC#N)C(=O)N1CCCC1. The Kier molecular flexibility index (Phi) is 4.87.